The highest BCUT2D eigenvalue weighted by Crippen LogP contribution is 2.37. The Kier molecular flexibility index (Phi) is 12.5. The number of carbonyl (C=O) groups excluding carboxylic acids is 2. The van der Waals surface area contributed by atoms with Crippen LogP contribution in [0, 0.1) is 0 Å². The molecule has 0 bridgehead atoms. The van der Waals surface area contributed by atoms with Crippen LogP contribution in [0.3, 0.4) is 0 Å². The lowest BCUT2D eigenvalue weighted by molar-refractivity contribution is -0.132. The maximum Gasteiger partial charge on any atom is 0.262 e. The van der Waals surface area contributed by atoms with Gasteiger partial charge in [-0.1, -0.05) is 77.3 Å². The summed E-state index contributed by atoms with van der Waals surface area (Å²) in [5.41, 5.74) is 4.94. The van der Waals surface area contributed by atoms with Gasteiger partial charge < -0.3 is 19.5 Å². The van der Waals surface area contributed by atoms with Crippen molar-refractivity contribution in [3.63, 3.8) is 0 Å². The van der Waals surface area contributed by atoms with Gasteiger partial charge >= 0.3 is 0 Å². The van der Waals surface area contributed by atoms with E-state index in [9.17, 15) is 9.59 Å². The van der Waals surface area contributed by atoms with Crippen LogP contribution >= 0.6 is 50.7 Å². The Morgan fingerprint density at radius 3 is 2.29 bits per heavy atom. The number of halogens is 4. The van der Waals surface area contributed by atoms with Gasteiger partial charge in [0.05, 0.1) is 22.8 Å². The highest BCUT2D eigenvalue weighted by Gasteiger charge is 2.25. The van der Waals surface area contributed by atoms with Crippen molar-refractivity contribution in [3.8, 4) is 17.2 Å². The van der Waals surface area contributed by atoms with E-state index < -0.39 is 24.0 Å². The summed E-state index contributed by atoms with van der Waals surface area (Å²) >= 11 is 21.6. The molecule has 0 fully saturated rings. The standard InChI is InChI=1S/C33H29BrCl3N3O5/c1-20(45-29-13-12-25(36)17-27(29)37)32(41)39-28(15-21-6-4-3-5-7-21)33(42)40-38-18-23-14-26(34)31(30(16-23)43-2)44-19-22-8-10-24(35)11-9-22/h3-14,16-18,20,28H,15,19H2,1-2H3,(H,39,41)(H,40,42)/b38-18-/t20-,28-/m1/s1. The molecule has 0 saturated heterocycles. The molecule has 0 spiro atoms. The number of nitrogens with one attached hydrogen (secondary N) is 2. The molecule has 0 unspecified atom stereocenters. The van der Waals surface area contributed by atoms with Gasteiger partial charge in [-0.05, 0) is 82.0 Å². The summed E-state index contributed by atoms with van der Waals surface area (Å²) in [6, 6.07) is 23.9. The van der Waals surface area contributed by atoms with Gasteiger partial charge in [0.1, 0.15) is 18.4 Å². The monoisotopic (exact) mass is 731 g/mol. The minimum absolute atomic E-state index is 0.224. The maximum atomic E-state index is 13.3. The molecule has 8 nitrogen and oxygen atoms in total. The van der Waals surface area contributed by atoms with E-state index in [-0.39, 0.29) is 11.4 Å². The van der Waals surface area contributed by atoms with Gasteiger partial charge in [-0.3, -0.25) is 9.59 Å². The number of nitrogens with zero attached hydrogens (tertiary/aromatic N) is 1. The van der Waals surface area contributed by atoms with Crippen molar-refractivity contribution in [2.45, 2.75) is 32.1 Å². The predicted octanol–water partition coefficient (Wildman–Crippen LogP) is 7.64. The normalized spacial score (nSPS) is 12.3. The van der Waals surface area contributed by atoms with E-state index in [1.807, 2.05) is 42.5 Å². The molecular formula is C33H29BrCl3N3O5. The second-order valence-corrected chi connectivity index (χ2v) is 11.9. The van der Waals surface area contributed by atoms with Crippen LogP contribution < -0.4 is 25.0 Å². The van der Waals surface area contributed by atoms with Gasteiger partial charge in [-0.2, -0.15) is 5.10 Å². The maximum absolute atomic E-state index is 13.3. The molecule has 2 N–H and O–H groups in total. The first-order valence-corrected chi connectivity index (χ1v) is 15.6. The first kappa shape index (κ1) is 34.1. The van der Waals surface area contributed by atoms with Crippen LogP contribution in [0.1, 0.15) is 23.6 Å². The largest absolute Gasteiger partial charge is 0.493 e. The van der Waals surface area contributed by atoms with E-state index in [1.54, 1.807) is 43.3 Å². The molecule has 12 heteroatoms. The number of amides is 2. The van der Waals surface area contributed by atoms with Crippen LogP contribution in [-0.2, 0) is 22.6 Å². The smallest absolute Gasteiger partial charge is 0.262 e. The van der Waals surface area contributed by atoms with Gasteiger partial charge in [-0.25, -0.2) is 5.43 Å². The Balaban J connectivity index is 1.43. The summed E-state index contributed by atoms with van der Waals surface area (Å²) < 4.78 is 17.9. The molecule has 2 amide bonds. The van der Waals surface area contributed by atoms with E-state index in [0.717, 1.165) is 11.1 Å². The third-order valence-corrected chi connectivity index (χ3v) is 7.79. The van der Waals surface area contributed by atoms with E-state index in [0.29, 0.717) is 43.9 Å². The Morgan fingerprint density at radius 2 is 1.60 bits per heavy atom. The fraction of sp³-hybridized carbons (Fsp3) is 0.182. The molecule has 0 aliphatic heterocycles. The van der Waals surface area contributed by atoms with Gasteiger partial charge in [0, 0.05) is 16.5 Å². The van der Waals surface area contributed by atoms with E-state index >= 15 is 0 Å². The first-order valence-electron chi connectivity index (χ1n) is 13.7. The molecule has 0 aliphatic carbocycles. The van der Waals surface area contributed by atoms with Crippen molar-refractivity contribution in [2.24, 2.45) is 5.10 Å². The summed E-state index contributed by atoms with van der Waals surface area (Å²) in [5.74, 6) is 0.240. The van der Waals surface area contributed by atoms with Gasteiger partial charge in [0.15, 0.2) is 17.6 Å². The molecule has 45 heavy (non-hydrogen) atoms. The highest BCUT2D eigenvalue weighted by atomic mass is 79.9. The molecule has 4 aromatic carbocycles. The van der Waals surface area contributed by atoms with E-state index in [1.165, 1.54) is 19.4 Å². The molecule has 0 saturated carbocycles. The van der Waals surface area contributed by atoms with Crippen LogP contribution in [0.2, 0.25) is 15.1 Å². The molecule has 2 atom stereocenters. The SMILES string of the molecule is COc1cc(/C=N\NC(=O)[C@@H](Cc2ccccc2)NC(=O)[C@@H](C)Oc2ccc(Cl)cc2Cl)cc(Br)c1OCc1ccc(Cl)cc1. The lowest BCUT2D eigenvalue weighted by Gasteiger charge is -2.21. The van der Waals surface area contributed by atoms with Crippen LogP contribution in [0.5, 0.6) is 17.2 Å². The van der Waals surface area contributed by atoms with Crippen LogP contribution in [0.15, 0.2) is 94.5 Å². The second-order valence-electron chi connectivity index (χ2n) is 9.77. The summed E-state index contributed by atoms with van der Waals surface area (Å²) in [4.78, 5) is 26.3. The van der Waals surface area contributed by atoms with Gasteiger partial charge in [0.25, 0.3) is 11.8 Å². The van der Waals surface area contributed by atoms with E-state index in [4.69, 9.17) is 49.0 Å². The molecule has 4 rings (SSSR count). The number of hydrogen-bond acceptors (Lipinski definition) is 6. The number of benzene rings is 4. The average Bonchev–Trinajstić information content (AvgIpc) is 3.02. The predicted molar refractivity (Wildman–Crippen MR) is 181 cm³/mol. The average molecular weight is 734 g/mol. The van der Waals surface area contributed by atoms with Crippen molar-refractivity contribution in [2.75, 3.05) is 7.11 Å². The third kappa shape index (κ3) is 10.1. The molecule has 0 aliphatic rings. The summed E-state index contributed by atoms with van der Waals surface area (Å²) in [7, 11) is 1.53. The van der Waals surface area contributed by atoms with Crippen molar-refractivity contribution < 1.29 is 23.8 Å². The number of carbonyl (C=O) groups is 2. The Morgan fingerprint density at radius 1 is 0.889 bits per heavy atom. The van der Waals surface area contributed by atoms with Crippen molar-refractivity contribution in [3.05, 3.63) is 121 Å². The second kappa shape index (κ2) is 16.5. The van der Waals surface area contributed by atoms with Crippen LogP contribution in [-0.4, -0.2) is 37.3 Å². The number of hydrogen-bond donors (Lipinski definition) is 2. The van der Waals surface area contributed by atoms with Crippen LogP contribution in [0.4, 0.5) is 0 Å². The minimum Gasteiger partial charge on any atom is -0.493 e. The molecular weight excluding hydrogens is 705 g/mol. The Bertz CT molecular complexity index is 1660. The van der Waals surface area contributed by atoms with Gasteiger partial charge in [-0.15, -0.1) is 0 Å². The van der Waals surface area contributed by atoms with Crippen molar-refractivity contribution >= 4 is 68.8 Å². The van der Waals surface area contributed by atoms with E-state index in [2.05, 4.69) is 31.8 Å². The molecule has 4 aromatic rings. The zero-order valence-electron chi connectivity index (χ0n) is 24.2. The fourth-order valence-electron chi connectivity index (χ4n) is 4.10. The number of rotatable bonds is 13. The number of ether oxygens (including phenoxy) is 3. The fourth-order valence-corrected chi connectivity index (χ4v) is 5.25. The molecule has 0 heterocycles. The lowest BCUT2D eigenvalue weighted by Crippen LogP contribution is -2.50. The molecule has 0 aromatic heterocycles. The summed E-state index contributed by atoms with van der Waals surface area (Å²) in [5, 5.41) is 8.23. The first-order chi connectivity index (χ1) is 21.6. The zero-order chi connectivity index (χ0) is 32.3. The minimum atomic E-state index is -0.955. The lowest BCUT2D eigenvalue weighted by atomic mass is 10.1. The Hall–Kier alpha value is -3.76. The quantitative estimate of drug-likeness (QED) is 0.109. The molecule has 234 valence electrons. The highest BCUT2D eigenvalue weighted by molar-refractivity contribution is 9.10. The summed E-state index contributed by atoms with van der Waals surface area (Å²) in [6.45, 7) is 1.87. The topological polar surface area (TPSA) is 98.2 Å². The third-order valence-electron chi connectivity index (χ3n) is 6.42. The Labute approximate surface area is 284 Å². The number of hydrazone groups is 1. The van der Waals surface area contributed by atoms with Crippen molar-refractivity contribution in [1.29, 1.82) is 0 Å². The van der Waals surface area contributed by atoms with Crippen LogP contribution in [0.25, 0.3) is 0 Å². The number of methoxy groups -OCH3 is 1. The summed E-state index contributed by atoms with van der Waals surface area (Å²) in [6.07, 6.45) is 0.731. The zero-order valence-corrected chi connectivity index (χ0v) is 28.1. The molecule has 0 radical (unpaired) electrons. The van der Waals surface area contributed by atoms with Gasteiger partial charge in [0.2, 0.25) is 0 Å². The van der Waals surface area contributed by atoms with Crippen molar-refractivity contribution in [1.82, 2.24) is 10.7 Å².